The van der Waals surface area contributed by atoms with Crippen LogP contribution >= 0.6 is 23.7 Å². The van der Waals surface area contributed by atoms with Gasteiger partial charge < -0.3 is 5.32 Å². The van der Waals surface area contributed by atoms with Crippen molar-refractivity contribution in [2.45, 2.75) is 18.8 Å². The Morgan fingerprint density at radius 1 is 1.16 bits per heavy atom. The van der Waals surface area contributed by atoms with Gasteiger partial charge in [-0.15, -0.1) is 23.7 Å². The lowest BCUT2D eigenvalue weighted by molar-refractivity contribution is 0.102. The normalized spacial score (nSPS) is 14.9. The Morgan fingerprint density at radius 3 is 2.80 bits per heavy atom. The van der Waals surface area contributed by atoms with Crippen LogP contribution in [0.1, 0.15) is 34.1 Å². The van der Waals surface area contributed by atoms with Gasteiger partial charge in [-0.3, -0.25) is 15.1 Å². The molecule has 1 aliphatic heterocycles. The number of hydrogen-bond acceptors (Lipinski definition) is 5. The smallest absolute Gasteiger partial charge is 0.276 e. The molecule has 3 aromatic rings. The third-order valence-electron chi connectivity index (χ3n) is 4.37. The molecule has 1 aliphatic rings. The molecule has 0 spiro atoms. The summed E-state index contributed by atoms with van der Waals surface area (Å²) < 4.78 is 0. The van der Waals surface area contributed by atoms with E-state index in [9.17, 15) is 4.79 Å². The van der Waals surface area contributed by atoms with E-state index in [0.29, 0.717) is 16.7 Å². The van der Waals surface area contributed by atoms with E-state index in [1.807, 2.05) is 36.5 Å². The van der Waals surface area contributed by atoms with Gasteiger partial charge in [0.1, 0.15) is 5.69 Å². The van der Waals surface area contributed by atoms with Crippen LogP contribution in [0.3, 0.4) is 0 Å². The van der Waals surface area contributed by atoms with Gasteiger partial charge in [0.05, 0.1) is 0 Å². The molecule has 4 rings (SSSR count). The van der Waals surface area contributed by atoms with Crippen LogP contribution in [0.2, 0.25) is 0 Å². The number of amides is 1. The number of fused-ring (bicyclic) bond motifs is 1. The highest BCUT2D eigenvalue weighted by atomic mass is 35.5. The van der Waals surface area contributed by atoms with Crippen LogP contribution in [0.4, 0.5) is 5.13 Å². The fourth-order valence-electron chi connectivity index (χ4n) is 3.10. The molecule has 1 fully saturated rings. The van der Waals surface area contributed by atoms with Crippen molar-refractivity contribution in [1.29, 1.82) is 0 Å². The monoisotopic (exact) mass is 374 g/mol. The molecule has 0 atom stereocenters. The van der Waals surface area contributed by atoms with Crippen LogP contribution in [0.5, 0.6) is 0 Å². The van der Waals surface area contributed by atoms with Crippen molar-refractivity contribution in [3.05, 3.63) is 53.3 Å². The van der Waals surface area contributed by atoms with Crippen molar-refractivity contribution < 1.29 is 4.79 Å². The number of benzene rings is 1. The van der Waals surface area contributed by atoms with E-state index >= 15 is 0 Å². The van der Waals surface area contributed by atoms with Gasteiger partial charge in [0.25, 0.3) is 5.91 Å². The Balaban J connectivity index is 0.00000182. The molecule has 0 aliphatic carbocycles. The molecule has 7 heteroatoms. The number of pyridine rings is 1. The topological polar surface area (TPSA) is 66.9 Å². The van der Waals surface area contributed by atoms with Crippen molar-refractivity contribution in [2.75, 3.05) is 18.4 Å². The summed E-state index contributed by atoms with van der Waals surface area (Å²) in [6, 6.07) is 9.67. The van der Waals surface area contributed by atoms with Crippen LogP contribution < -0.4 is 10.6 Å². The first kappa shape index (κ1) is 17.8. The summed E-state index contributed by atoms with van der Waals surface area (Å²) in [7, 11) is 0. The Hall–Kier alpha value is -2.02. The first-order valence-electron chi connectivity index (χ1n) is 8.13. The molecular formula is C18H19ClN4OS. The zero-order valence-electron chi connectivity index (χ0n) is 13.6. The zero-order chi connectivity index (χ0) is 16.4. The summed E-state index contributed by atoms with van der Waals surface area (Å²) in [6.07, 6.45) is 5.81. The second-order valence-electron chi connectivity index (χ2n) is 5.93. The van der Waals surface area contributed by atoms with Gasteiger partial charge in [-0.2, -0.15) is 0 Å². The average Bonchev–Trinajstić information content (AvgIpc) is 3.10. The van der Waals surface area contributed by atoms with Crippen LogP contribution in [-0.2, 0) is 0 Å². The molecule has 0 radical (unpaired) electrons. The average molecular weight is 375 g/mol. The maximum absolute atomic E-state index is 12.6. The lowest BCUT2D eigenvalue weighted by Gasteiger charge is -2.20. The number of nitrogens with one attached hydrogen (secondary N) is 2. The number of thiazole rings is 1. The molecule has 0 saturated carbocycles. The highest BCUT2D eigenvalue weighted by molar-refractivity contribution is 7.15. The number of rotatable bonds is 3. The Bertz CT molecular complexity index is 871. The summed E-state index contributed by atoms with van der Waals surface area (Å²) in [5, 5.41) is 8.77. The molecule has 2 aromatic heterocycles. The van der Waals surface area contributed by atoms with Crippen molar-refractivity contribution in [3.8, 4) is 0 Å². The predicted molar refractivity (Wildman–Crippen MR) is 104 cm³/mol. The summed E-state index contributed by atoms with van der Waals surface area (Å²) in [4.78, 5) is 22.5. The van der Waals surface area contributed by atoms with Crippen LogP contribution in [0.25, 0.3) is 10.8 Å². The predicted octanol–water partition coefficient (Wildman–Crippen LogP) is 3.83. The van der Waals surface area contributed by atoms with Gasteiger partial charge in [-0.05, 0) is 43.3 Å². The van der Waals surface area contributed by atoms with E-state index in [1.165, 1.54) is 4.88 Å². The fraction of sp³-hybridized carbons (Fsp3) is 0.278. The molecule has 5 nitrogen and oxygen atoms in total. The summed E-state index contributed by atoms with van der Waals surface area (Å²) in [6.45, 7) is 2.09. The lowest BCUT2D eigenvalue weighted by atomic mass is 9.97. The van der Waals surface area contributed by atoms with E-state index in [0.717, 1.165) is 36.7 Å². The highest BCUT2D eigenvalue weighted by Gasteiger charge is 2.19. The number of carbonyl (C=O) groups excluding carboxylic acids is 1. The standard InChI is InChI=1S/C18H18N4OS.ClH/c23-17(16-14-4-2-1-3-12(14)7-10-20-16)22-18-21-11-15(24-18)13-5-8-19-9-6-13;/h1-4,7,10-11,13,19H,5-6,8-9H2,(H,21,22,23);1H. The number of carbonyl (C=O) groups is 1. The Labute approximate surface area is 156 Å². The molecule has 3 heterocycles. The first-order chi connectivity index (χ1) is 11.8. The van der Waals surface area contributed by atoms with Gasteiger partial charge in [0.2, 0.25) is 0 Å². The molecule has 1 saturated heterocycles. The van der Waals surface area contributed by atoms with Crippen LogP contribution in [0.15, 0.2) is 42.7 Å². The summed E-state index contributed by atoms with van der Waals surface area (Å²) in [5.74, 6) is 0.336. The van der Waals surface area contributed by atoms with E-state index in [-0.39, 0.29) is 18.3 Å². The second kappa shape index (κ2) is 7.91. The zero-order valence-corrected chi connectivity index (χ0v) is 15.2. The van der Waals surface area contributed by atoms with Crippen molar-refractivity contribution >= 4 is 45.6 Å². The van der Waals surface area contributed by atoms with Gasteiger partial charge >= 0.3 is 0 Å². The van der Waals surface area contributed by atoms with Gasteiger partial charge in [-0.25, -0.2) is 4.98 Å². The molecule has 25 heavy (non-hydrogen) atoms. The number of nitrogens with zero attached hydrogens (tertiary/aromatic N) is 2. The Morgan fingerprint density at radius 2 is 1.96 bits per heavy atom. The largest absolute Gasteiger partial charge is 0.317 e. The molecular weight excluding hydrogens is 356 g/mol. The number of aromatic nitrogens is 2. The van der Waals surface area contributed by atoms with Crippen molar-refractivity contribution in [2.24, 2.45) is 0 Å². The molecule has 2 N–H and O–H groups in total. The fourth-order valence-corrected chi connectivity index (χ4v) is 4.08. The third-order valence-corrected chi connectivity index (χ3v) is 5.45. The van der Waals surface area contributed by atoms with Gasteiger partial charge in [0.15, 0.2) is 5.13 Å². The minimum atomic E-state index is -0.210. The maximum Gasteiger partial charge on any atom is 0.276 e. The molecule has 0 bridgehead atoms. The Kier molecular flexibility index (Phi) is 5.63. The molecule has 0 unspecified atom stereocenters. The molecule has 1 aromatic carbocycles. The van der Waals surface area contributed by atoms with E-state index in [1.54, 1.807) is 17.5 Å². The van der Waals surface area contributed by atoms with Gasteiger partial charge in [0, 0.05) is 22.7 Å². The lowest BCUT2D eigenvalue weighted by Crippen LogP contribution is -2.26. The van der Waals surface area contributed by atoms with E-state index in [2.05, 4.69) is 20.6 Å². The maximum atomic E-state index is 12.6. The van der Waals surface area contributed by atoms with E-state index < -0.39 is 0 Å². The van der Waals surface area contributed by atoms with E-state index in [4.69, 9.17) is 0 Å². The summed E-state index contributed by atoms with van der Waals surface area (Å²) >= 11 is 1.57. The number of anilines is 1. The van der Waals surface area contributed by atoms with Crippen LogP contribution in [-0.4, -0.2) is 29.0 Å². The number of halogens is 1. The third kappa shape index (κ3) is 3.81. The number of piperidine rings is 1. The second-order valence-corrected chi connectivity index (χ2v) is 6.99. The summed E-state index contributed by atoms with van der Waals surface area (Å²) in [5.41, 5.74) is 0.437. The van der Waals surface area contributed by atoms with Crippen LogP contribution in [0, 0.1) is 0 Å². The minimum Gasteiger partial charge on any atom is -0.317 e. The first-order valence-corrected chi connectivity index (χ1v) is 8.94. The van der Waals surface area contributed by atoms with Gasteiger partial charge in [-0.1, -0.05) is 24.3 Å². The SMILES string of the molecule is Cl.O=C(Nc1ncc(C2CCNCC2)s1)c1nccc2ccccc12. The van der Waals surface area contributed by atoms with Crippen molar-refractivity contribution in [1.82, 2.24) is 15.3 Å². The quantitative estimate of drug-likeness (QED) is 0.731. The van der Waals surface area contributed by atoms with Crippen molar-refractivity contribution in [3.63, 3.8) is 0 Å². The molecule has 1 amide bonds. The minimum absolute atomic E-state index is 0. The molecule has 130 valence electrons. The highest BCUT2D eigenvalue weighted by Crippen LogP contribution is 2.32. The number of hydrogen-bond donors (Lipinski definition) is 2.